The van der Waals surface area contributed by atoms with Crippen molar-refractivity contribution in [3.63, 3.8) is 0 Å². The Kier molecular flexibility index (Phi) is 4.21. The number of rotatable bonds is 4. The molecule has 1 rings (SSSR count). The van der Waals surface area contributed by atoms with Gasteiger partial charge in [-0.1, -0.05) is 12.8 Å². The Morgan fingerprint density at radius 1 is 1.33 bits per heavy atom. The summed E-state index contributed by atoms with van der Waals surface area (Å²) in [6.07, 6.45) is 2.54. The summed E-state index contributed by atoms with van der Waals surface area (Å²) in [6.45, 7) is 3.34. The van der Waals surface area contributed by atoms with Crippen molar-refractivity contribution in [2.75, 3.05) is 13.6 Å². The second-order valence-electron chi connectivity index (χ2n) is 5.69. The molecule has 0 unspecified atom stereocenters. The molecule has 0 aromatic heterocycles. The van der Waals surface area contributed by atoms with Crippen LogP contribution in [0.1, 0.15) is 39.5 Å². The van der Waals surface area contributed by atoms with Gasteiger partial charge in [-0.05, 0) is 26.7 Å². The van der Waals surface area contributed by atoms with Crippen molar-refractivity contribution in [3.8, 4) is 0 Å². The third-order valence-corrected chi connectivity index (χ3v) is 3.18. The van der Waals surface area contributed by atoms with Gasteiger partial charge >= 0.3 is 12.0 Å². The largest absolute Gasteiger partial charge is 0.480 e. The van der Waals surface area contributed by atoms with Crippen LogP contribution in [0.4, 0.5) is 4.79 Å². The highest BCUT2D eigenvalue weighted by atomic mass is 16.4. The van der Waals surface area contributed by atoms with Gasteiger partial charge in [-0.25, -0.2) is 9.59 Å². The molecular formula is C12H22N2O4. The van der Waals surface area contributed by atoms with E-state index in [0.717, 1.165) is 12.8 Å². The van der Waals surface area contributed by atoms with E-state index in [-0.39, 0.29) is 6.54 Å². The zero-order valence-electron chi connectivity index (χ0n) is 11.2. The van der Waals surface area contributed by atoms with Gasteiger partial charge in [0.05, 0.1) is 12.1 Å². The zero-order valence-corrected chi connectivity index (χ0v) is 11.2. The van der Waals surface area contributed by atoms with Crippen LogP contribution in [0.5, 0.6) is 0 Å². The van der Waals surface area contributed by atoms with E-state index in [1.807, 2.05) is 0 Å². The molecule has 0 aromatic carbocycles. The molecule has 104 valence electrons. The summed E-state index contributed by atoms with van der Waals surface area (Å²) in [5, 5.41) is 21.5. The second-order valence-corrected chi connectivity index (χ2v) is 5.69. The number of amides is 2. The molecule has 0 heterocycles. The average molecular weight is 258 g/mol. The van der Waals surface area contributed by atoms with Crippen molar-refractivity contribution in [1.29, 1.82) is 0 Å². The maximum Gasteiger partial charge on any atom is 0.329 e. The lowest BCUT2D eigenvalue weighted by molar-refractivity contribution is -0.144. The number of carbonyl (C=O) groups excluding carboxylic acids is 1. The number of carboxylic acids is 1. The summed E-state index contributed by atoms with van der Waals surface area (Å²) in [6, 6.07) is -0.457. The molecule has 0 aliphatic heterocycles. The van der Waals surface area contributed by atoms with Crippen LogP contribution < -0.4 is 5.32 Å². The summed E-state index contributed by atoms with van der Waals surface area (Å²) in [7, 11) is 1.54. The van der Waals surface area contributed by atoms with E-state index in [1.165, 1.54) is 11.9 Å². The first-order valence-corrected chi connectivity index (χ1v) is 6.15. The van der Waals surface area contributed by atoms with Gasteiger partial charge in [-0.3, -0.25) is 0 Å². The van der Waals surface area contributed by atoms with Gasteiger partial charge < -0.3 is 20.4 Å². The molecule has 0 spiro atoms. The third-order valence-electron chi connectivity index (χ3n) is 3.18. The summed E-state index contributed by atoms with van der Waals surface area (Å²) in [4.78, 5) is 24.5. The predicted molar refractivity (Wildman–Crippen MR) is 66.3 cm³/mol. The topological polar surface area (TPSA) is 89.9 Å². The van der Waals surface area contributed by atoms with E-state index < -0.39 is 23.1 Å². The van der Waals surface area contributed by atoms with Gasteiger partial charge in [-0.15, -0.1) is 0 Å². The zero-order chi connectivity index (χ0) is 14.0. The number of carbonyl (C=O) groups is 2. The van der Waals surface area contributed by atoms with Crippen LogP contribution >= 0.6 is 0 Å². The van der Waals surface area contributed by atoms with Crippen molar-refractivity contribution < 1.29 is 19.8 Å². The fourth-order valence-corrected chi connectivity index (χ4v) is 2.32. The van der Waals surface area contributed by atoms with E-state index in [1.54, 1.807) is 13.8 Å². The number of urea groups is 1. The van der Waals surface area contributed by atoms with E-state index in [0.29, 0.717) is 12.8 Å². The molecule has 0 radical (unpaired) electrons. The Bertz CT molecular complexity index is 329. The van der Waals surface area contributed by atoms with E-state index in [4.69, 9.17) is 0 Å². The first-order valence-electron chi connectivity index (χ1n) is 6.15. The smallest absolute Gasteiger partial charge is 0.329 e. The Morgan fingerprint density at radius 3 is 2.22 bits per heavy atom. The van der Waals surface area contributed by atoms with E-state index in [9.17, 15) is 19.8 Å². The number of hydrogen-bond donors (Lipinski definition) is 3. The predicted octanol–water partition coefficient (Wildman–Crippen LogP) is 0.796. The molecule has 1 aliphatic carbocycles. The molecule has 18 heavy (non-hydrogen) atoms. The fraction of sp³-hybridized carbons (Fsp3) is 0.833. The summed E-state index contributed by atoms with van der Waals surface area (Å²) in [5.74, 6) is -0.981. The molecule has 0 saturated heterocycles. The van der Waals surface area contributed by atoms with Gasteiger partial charge in [0.1, 0.15) is 5.54 Å². The molecular weight excluding hydrogens is 236 g/mol. The second kappa shape index (κ2) is 5.14. The lowest BCUT2D eigenvalue weighted by atomic mass is 9.98. The van der Waals surface area contributed by atoms with Gasteiger partial charge in [0.15, 0.2) is 0 Å². The molecule has 1 saturated carbocycles. The van der Waals surface area contributed by atoms with Crippen LogP contribution in [-0.4, -0.2) is 51.8 Å². The number of aliphatic hydroxyl groups is 1. The number of nitrogens with zero attached hydrogens (tertiary/aromatic N) is 1. The van der Waals surface area contributed by atoms with E-state index in [2.05, 4.69) is 5.32 Å². The normalized spacial score (nSPS) is 18.4. The summed E-state index contributed by atoms with van der Waals surface area (Å²) >= 11 is 0. The maximum absolute atomic E-state index is 11.9. The number of likely N-dealkylation sites (N-methyl/N-ethyl adjacent to an activating group) is 1. The van der Waals surface area contributed by atoms with Gasteiger partial charge in [0.25, 0.3) is 0 Å². The molecule has 3 N–H and O–H groups in total. The van der Waals surface area contributed by atoms with Crippen molar-refractivity contribution in [1.82, 2.24) is 10.2 Å². The quantitative estimate of drug-likeness (QED) is 0.695. The first kappa shape index (κ1) is 14.8. The maximum atomic E-state index is 11.9. The lowest BCUT2D eigenvalue weighted by Gasteiger charge is -2.31. The molecule has 6 heteroatoms. The molecule has 0 aromatic rings. The Hall–Kier alpha value is -1.30. The van der Waals surface area contributed by atoms with Crippen LogP contribution in [0.15, 0.2) is 0 Å². The summed E-state index contributed by atoms with van der Waals surface area (Å²) in [5.41, 5.74) is -2.14. The minimum atomic E-state index is -1.13. The number of hydrogen-bond acceptors (Lipinski definition) is 3. The third kappa shape index (κ3) is 3.60. The Labute approximate surface area is 107 Å². The van der Waals surface area contributed by atoms with Crippen molar-refractivity contribution >= 4 is 12.0 Å². The van der Waals surface area contributed by atoms with Crippen LogP contribution in [0, 0.1) is 0 Å². The lowest BCUT2D eigenvalue weighted by Crippen LogP contribution is -2.57. The standard InChI is InChI=1S/C12H22N2O4/c1-11(2,18)8-14(3)10(17)13-12(9(15)16)6-4-5-7-12/h18H,4-8H2,1-3H3,(H,13,17)(H,15,16). The Balaban J connectivity index is 2.65. The minimum Gasteiger partial charge on any atom is -0.480 e. The van der Waals surface area contributed by atoms with Crippen LogP contribution in [-0.2, 0) is 4.79 Å². The molecule has 0 atom stereocenters. The van der Waals surface area contributed by atoms with Crippen molar-refractivity contribution in [3.05, 3.63) is 0 Å². The Morgan fingerprint density at radius 2 is 1.83 bits per heavy atom. The highest BCUT2D eigenvalue weighted by molar-refractivity contribution is 5.86. The van der Waals surface area contributed by atoms with Crippen molar-refractivity contribution in [2.45, 2.75) is 50.7 Å². The summed E-state index contributed by atoms with van der Waals surface area (Å²) < 4.78 is 0. The fourth-order valence-electron chi connectivity index (χ4n) is 2.32. The number of aliphatic carboxylic acids is 1. The first-order chi connectivity index (χ1) is 8.16. The number of carboxylic acid groups (broad SMARTS) is 1. The van der Waals surface area contributed by atoms with Gasteiger partial charge in [0, 0.05) is 7.05 Å². The highest BCUT2D eigenvalue weighted by Gasteiger charge is 2.43. The molecule has 1 fully saturated rings. The molecule has 0 bridgehead atoms. The van der Waals surface area contributed by atoms with Gasteiger partial charge in [-0.2, -0.15) is 0 Å². The van der Waals surface area contributed by atoms with Gasteiger partial charge in [0.2, 0.25) is 0 Å². The van der Waals surface area contributed by atoms with E-state index >= 15 is 0 Å². The highest BCUT2D eigenvalue weighted by Crippen LogP contribution is 2.30. The molecule has 2 amide bonds. The van der Waals surface area contributed by atoms with Crippen LogP contribution in [0.2, 0.25) is 0 Å². The number of nitrogens with one attached hydrogen (secondary N) is 1. The molecule has 1 aliphatic rings. The molecule has 6 nitrogen and oxygen atoms in total. The minimum absolute atomic E-state index is 0.147. The van der Waals surface area contributed by atoms with Crippen molar-refractivity contribution in [2.24, 2.45) is 0 Å². The van der Waals surface area contributed by atoms with Crippen LogP contribution in [0.25, 0.3) is 0 Å². The van der Waals surface area contributed by atoms with Crippen LogP contribution in [0.3, 0.4) is 0 Å². The SMILES string of the molecule is CN(CC(C)(C)O)C(=O)NC1(C(=O)O)CCCC1. The monoisotopic (exact) mass is 258 g/mol. The average Bonchev–Trinajstić information content (AvgIpc) is 2.64.